The van der Waals surface area contributed by atoms with Gasteiger partial charge < -0.3 is 4.42 Å². The first-order chi connectivity index (χ1) is 8.68. The molecule has 0 fully saturated rings. The van der Waals surface area contributed by atoms with Crippen LogP contribution in [0, 0.1) is 40.5 Å². The topological polar surface area (TPSA) is 203 Å². The average Bonchev–Trinajstić information content (AvgIpc) is 2.25. The van der Waals surface area contributed by atoms with E-state index in [1.165, 1.54) is 0 Å². The Hall–Kier alpha value is -3.45. The minimum atomic E-state index is -2.03. The molecule has 0 aliphatic rings. The number of nitro groups is 4. The van der Waals surface area contributed by atoms with Crippen LogP contribution in [-0.2, 0) is 0 Å². The van der Waals surface area contributed by atoms with Gasteiger partial charge in [0.05, 0.1) is 14.8 Å². The van der Waals surface area contributed by atoms with Gasteiger partial charge >= 0.3 is 28.6 Å². The molecule has 0 saturated carbocycles. The predicted octanol–water partition coefficient (Wildman–Crippen LogP) is 0.273. The third-order valence-corrected chi connectivity index (χ3v) is 1.75. The van der Waals surface area contributed by atoms with Crippen molar-refractivity contribution in [2.45, 2.75) is 0 Å². The maximum atomic E-state index is 11.0. The summed E-state index contributed by atoms with van der Waals surface area (Å²) in [6.45, 7) is 0. The van der Waals surface area contributed by atoms with Crippen LogP contribution in [0.3, 0.4) is 0 Å². The molecule has 0 saturated heterocycles. The Morgan fingerprint density at radius 1 is 0.684 bits per heavy atom. The lowest BCUT2D eigenvalue weighted by atomic mass is 10.3. The summed E-state index contributed by atoms with van der Waals surface area (Å²) < 4.78 is 3.77. The quantitative estimate of drug-likeness (QED) is 0.541. The number of hydrogen-bond donors (Lipinski definition) is 0. The Balaban J connectivity index is 4.04. The molecule has 0 aliphatic carbocycles. The van der Waals surface area contributed by atoms with Crippen molar-refractivity contribution in [1.29, 1.82) is 0 Å². The van der Waals surface area contributed by atoms with E-state index in [0.29, 0.717) is 0 Å². The van der Waals surface area contributed by atoms with E-state index in [2.05, 4.69) is 4.42 Å². The van der Waals surface area contributed by atoms with Crippen molar-refractivity contribution in [2.75, 3.05) is 0 Å². The van der Waals surface area contributed by atoms with Gasteiger partial charge in [-0.1, -0.05) is 0 Å². The van der Waals surface area contributed by atoms with E-state index in [0.717, 1.165) is 0 Å². The van der Waals surface area contributed by atoms with Crippen LogP contribution in [0.5, 0.6) is 0 Å². The van der Waals surface area contributed by atoms with Crippen LogP contribution in [0.2, 0.25) is 0 Å². The number of hydrogen-bond acceptors (Lipinski definition) is 10. The van der Waals surface area contributed by atoms with Crippen molar-refractivity contribution in [1.82, 2.24) is 0 Å². The minimum Gasteiger partial charge on any atom is -0.353 e. The first-order valence-corrected chi connectivity index (χ1v) is 3.97. The highest BCUT2D eigenvalue weighted by Gasteiger charge is 2.49. The fourth-order valence-corrected chi connectivity index (χ4v) is 1.12. The molecule has 19 heavy (non-hydrogen) atoms. The Morgan fingerprint density at radius 3 is 1.42 bits per heavy atom. The molecule has 0 atom stereocenters. The SMILES string of the molecule is O=c1oc([N+](=O)[O-])c([N+](=O)[O-])c([N+](=O)[O-])c1[N+](=O)[O-]. The summed E-state index contributed by atoms with van der Waals surface area (Å²) in [6.07, 6.45) is 0. The molecular formula is C5N4O10. The predicted molar refractivity (Wildman–Crippen MR) is 51.6 cm³/mol. The van der Waals surface area contributed by atoms with E-state index >= 15 is 0 Å². The van der Waals surface area contributed by atoms with E-state index < -0.39 is 48.3 Å². The van der Waals surface area contributed by atoms with Crippen molar-refractivity contribution in [3.8, 4) is 0 Å². The number of rotatable bonds is 4. The lowest BCUT2D eigenvalue weighted by molar-refractivity contribution is -0.460. The molecule has 1 rings (SSSR count). The molecular weight excluding hydrogens is 276 g/mol. The first kappa shape index (κ1) is 13.6. The molecule has 14 nitrogen and oxygen atoms in total. The maximum absolute atomic E-state index is 11.0. The summed E-state index contributed by atoms with van der Waals surface area (Å²) in [5, 5.41) is 42.0. The first-order valence-electron chi connectivity index (χ1n) is 3.97. The smallest absolute Gasteiger partial charge is 0.353 e. The third-order valence-electron chi connectivity index (χ3n) is 1.75. The van der Waals surface area contributed by atoms with Gasteiger partial charge in [0.1, 0.15) is 4.92 Å². The van der Waals surface area contributed by atoms with E-state index in [1.807, 2.05) is 0 Å². The second-order valence-corrected chi connectivity index (χ2v) is 2.77. The molecule has 100 valence electrons. The summed E-state index contributed by atoms with van der Waals surface area (Å²) in [7, 11) is 0. The van der Waals surface area contributed by atoms with Crippen LogP contribution in [-0.4, -0.2) is 19.7 Å². The van der Waals surface area contributed by atoms with Crippen LogP contribution in [0.1, 0.15) is 0 Å². The second kappa shape index (κ2) is 4.43. The largest absolute Gasteiger partial charge is 0.522 e. The Bertz CT molecular complexity index is 673. The normalized spacial score (nSPS) is 9.89. The lowest BCUT2D eigenvalue weighted by Gasteiger charge is -1.95. The van der Waals surface area contributed by atoms with Gasteiger partial charge in [-0.25, -0.2) is 4.79 Å². The molecule has 0 spiro atoms. The summed E-state index contributed by atoms with van der Waals surface area (Å²) >= 11 is 0. The van der Waals surface area contributed by atoms with E-state index in [-0.39, 0.29) is 0 Å². The van der Waals surface area contributed by atoms with Gasteiger partial charge in [-0.2, -0.15) is 0 Å². The minimum absolute atomic E-state index is 1.57. The molecule has 0 unspecified atom stereocenters. The van der Waals surface area contributed by atoms with Gasteiger partial charge in [0.2, 0.25) is 0 Å². The summed E-state index contributed by atoms with van der Waals surface area (Å²) in [4.78, 5) is 46.6. The average molecular weight is 276 g/mol. The zero-order chi connectivity index (χ0) is 14.9. The third kappa shape index (κ3) is 2.16. The molecule has 0 bridgehead atoms. The molecule has 0 aromatic carbocycles. The van der Waals surface area contributed by atoms with Gasteiger partial charge in [-0.05, 0) is 0 Å². The Kier molecular flexibility index (Phi) is 3.18. The number of nitrogens with zero attached hydrogens (tertiary/aromatic N) is 4. The van der Waals surface area contributed by atoms with E-state index in [1.54, 1.807) is 0 Å². The zero-order valence-electron chi connectivity index (χ0n) is 8.37. The monoisotopic (exact) mass is 276 g/mol. The van der Waals surface area contributed by atoms with Gasteiger partial charge in [0, 0.05) is 0 Å². The molecule has 0 amide bonds. The second-order valence-electron chi connectivity index (χ2n) is 2.77. The van der Waals surface area contributed by atoms with Crippen molar-refractivity contribution in [3.63, 3.8) is 0 Å². The van der Waals surface area contributed by atoms with Crippen LogP contribution in [0.25, 0.3) is 0 Å². The highest BCUT2D eigenvalue weighted by molar-refractivity contribution is 5.69. The van der Waals surface area contributed by atoms with E-state index in [4.69, 9.17) is 0 Å². The van der Waals surface area contributed by atoms with Gasteiger partial charge in [-0.3, -0.25) is 40.5 Å². The fraction of sp³-hybridized carbons (Fsp3) is 0. The van der Waals surface area contributed by atoms with Crippen molar-refractivity contribution >= 4 is 22.9 Å². The van der Waals surface area contributed by atoms with E-state index in [9.17, 15) is 45.3 Å². The lowest BCUT2D eigenvalue weighted by Crippen LogP contribution is -2.14. The molecule has 0 aliphatic heterocycles. The van der Waals surface area contributed by atoms with Crippen molar-refractivity contribution in [3.05, 3.63) is 50.9 Å². The van der Waals surface area contributed by atoms with Crippen molar-refractivity contribution in [2.24, 2.45) is 0 Å². The highest BCUT2D eigenvalue weighted by Crippen LogP contribution is 2.39. The summed E-state index contributed by atoms with van der Waals surface area (Å²) in [5.41, 5.74) is -7.67. The summed E-state index contributed by atoms with van der Waals surface area (Å²) in [6, 6.07) is 0. The molecule has 1 aromatic heterocycles. The molecule has 0 N–H and O–H groups in total. The van der Waals surface area contributed by atoms with Gasteiger partial charge in [-0.15, -0.1) is 0 Å². The Morgan fingerprint density at radius 2 is 1.11 bits per heavy atom. The maximum Gasteiger partial charge on any atom is 0.522 e. The molecule has 1 aromatic rings. The van der Waals surface area contributed by atoms with Crippen LogP contribution in [0.15, 0.2) is 9.21 Å². The molecule has 0 radical (unpaired) electrons. The molecule has 1 heterocycles. The van der Waals surface area contributed by atoms with Gasteiger partial charge in [0.15, 0.2) is 0 Å². The van der Waals surface area contributed by atoms with Crippen LogP contribution in [0.4, 0.5) is 22.9 Å². The zero-order valence-corrected chi connectivity index (χ0v) is 8.37. The highest BCUT2D eigenvalue weighted by atomic mass is 16.7. The van der Waals surface area contributed by atoms with Crippen LogP contribution < -0.4 is 5.63 Å². The molecule has 14 heteroatoms. The fourth-order valence-electron chi connectivity index (χ4n) is 1.12. The standard InChI is InChI=1S/C5N4O10/c10-5-3(8(15)16)1(6(11)12)2(7(13)14)4(19-5)9(17)18. The van der Waals surface area contributed by atoms with Crippen molar-refractivity contribution < 1.29 is 24.1 Å². The van der Waals surface area contributed by atoms with Crippen LogP contribution >= 0.6 is 0 Å². The van der Waals surface area contributed by atoms with Gasteiger partial charge in [0.25, 0.3) is 0 Å². The Labute approximate surface area is 99.0 Å². The summed E-state index contributed by atoms with van der Waals surface area (Å²) in [5.74, 6) is -1.85.